The molecular weight excluding hydrogens is 420 g/mol. The molecule has 1 aromatic heterocycles. The fraction of sp³-hybridized carbons (Fsp3) is 0.483. The van der Waals surface area contributed by atoms with Gasteiger partial charge in [0.25, 0.3) is 5.91 Å². The van der Waals surface area contributed by atoms with Crippen LogP contribution in [0.4, 0.5) is 11.4 Å². The maximum Gasteiger partial charge on any atom is 0.272 e. The fourth-order valence-corrected chi connectivity index (χ4v) is 5.01. The molecule has 4 N–H and O–H groups in total. The SMILES string of the molecule is C=C/C(CC1CCCNCC1)=c1\c(=C)cc(C(=O)Nc2cc(C(C)(C)C)cc(N)c2CC)n1C. The maximum atomic E-state index is 13.4. The molecule has 1 aliphatic heterocycles. The van der Waals surface area contributed by atoms with Crippen LogP contribution in [0.25, 0.3) is 12.2 Å². The quantitative estimate of drug-likeness (QED) is 0.562. The van der Waals surface area contributed by atoms with Crippen molar-refractivity contribution in [1.82, 2.24) is 9.88 Å². The number of allylic oxidation sites excluding steroid dienone is 1. The Bertz CT molecular complexity index is 1160. The van der Waals surface area contributed by atoms with E-state index in [0.717, 1.165) is 71.0 Å². The zero-order valence-corrected chi connectivity index (χ0v) is 21.7. The molecule has 184 valence electrons. The first-order valence-electron chi connectivity index (χ1n) is 12.5. The molecule has 0 radical (unpaired) electrons. The van der Waals surface area contributed by atoms with E-state index in [9.17, 15) is 4.79 Å². The summed E-state index contributed by atoms with van der Waals surface area (Å²) in [6.07, 6.45) is 7.20. The van der Waals surface area contributed by atoms with Gasteiger partial charge in [0.15, 0.2) is 0 Å². The first kappa shape index (κ1) is 25.8. The van der Waals surface area contributed by atoms with Crippen molar-refractivity contribution in [1.29, 1.82) is 0 Å². The predicted molar refractivity (Wildman–Crippen MR) is 146 cm³/mol. The van der Waals surface area contributed by atoms with Crippen LogP contribution >= 0.6 is 0 Å². The lowest BCUT2D eigenvalue weighted by atomic mass is 9.85. The van der Waals surface area contributed by atoms with E-state index >= 15 is 0 Å². The number of anilines is 2. The van der Waals surface area contributed by atoms with Crippen LogP contribution in [-0.4, -0.2) is 23.6 Å². The van der Waals surface area contributed by atoms with Crippen LogP contribution in [0.2, 0.25) is 0 Å². The standard InChI is InChI=1S/C29H42N4O/c1-8-21(16-20-11-10-13-31-14-12-20)27-19(3)15-26(33(27)7)28(34)32-25-18-22(29(4,5)6)17-24(30)23(25)9-2/h8,15,17-18,20,31H,1,3,9-14,16,30H2,2,4-7H3,(H,32,34)/b27-21-. The van der Waals surface area contributed by atoms with Gasteiger partial charge in [-0.2, -0.15) is 0 Å². The number of nitrogen functional groups attached to an aromatic ring is 1. The second-order valence-corrected chi connectivity index (χ2v) is 10.6. The van der Waals surface area contributed by atoms with E-state index in [1.54, 1.807) is 0 Å². The van der Waals surface area contributed by atoms with Gasteiger partial charge in [-0.15, -0.1) is 0 Å². The van der Waals surface area contributed by atoms with Gasteiger partial charge in [0.2, 0.25) is 0 Å². The van der Waals surface area contributed by atoms with Gasteiger partial charge in [-0.1, -0.05) is 46.9 Å². The van der Waals surface area contributed by atoms with E-state index in [1.165, 1.54) is 12.8 Å². The molecule has 0 aliphatic carbocycles. The molecule has 1 atom stereocenters. The van der Waals surface area contributed by atoms with Gasteiger partial charge < -0.3 is 20.9 Å². The van der Waals surface area contributed by atoms with Crippen LogP contribution in [-0.2, 0) is 18.9 Å². The van der Waals surface area contributed by atoms with E-state index in [0.29, 0.717) is 11.6 Å². The molecule has 1 saturated heterocycles. The monoisotopic (exact) mass is 462 g/mol. The molecule has 2 heterocycles. The molecular formula is C29H42N4O. The largest absolute Gasteiger partial charge is 0.398 e. The van der Waals surface area contributed by atoms with Gasteiger partial charge in [-0.25, -0.2) is 0 Å². The number of carbonyl (C=O) groups is 1. The Morgan fingerprint density at radius 2 is 2.00 bits per heavy atom. The average Bonchev–Trinajstić information content (AvgIpc) is 2.93. The van der Waals surface area contributed by atoms with Crippen molar-refractivity contribution in [2.75, 3.05) is 24.1 Å². The summed E-state index contributed by atoms with van der Waals surface area (Å²) in [6, 6.07) is 5.96. The summed E-state index contributed by atoms with van der Waals surface area (Å²) >= 11 is 0. The number of nitrogens with zero attached hydrogens (tertiary/aromatic N) is 1. The van der Waals surface area contributed by atoms with Gasteiger partial charge in [0, 0.05) is 18.4 Å². The minimum Gasteiger partial charge on any atom is -0.398 e. The first-order valence-corrected chi connectivity index (χ1v) is 12.5. The highest BCUT2D eigenvalue weighted by atomic mass is 16.1. The van der Waals surface area contributed by atoms with Crippen LogP contribution in [0, 0.1) is 5.92 Å². The van der Waals surface area contributed by atoms with Gasteiger partial charge in [-0.05, 0) is 96.6 Å². The summed E-state index contributed by atoms with van der Waals surface area (Å²) in [6.45, 7) is 19.0. The number of hydrogen-bond acceptors (Lipinski definition) is 3. The minimum absolute atomic E-state index is 0.0696. The predicted octanol–water partition coefficient (Wildman–Crippen LogP) is 4.25. The molecule has 0 bridgehead atoms. The molecule has 1 unspecified atom stereocenters. The Hall–Kier alpha value is -2.79. The molecule has 34 heavy (non-hydrogen) atoms. The van der Waals surface area contributed by atoms with E-state index in [2.05, 4.69) is 57.6 Å². The minimum atomic E-state index is -0.152. The van der Waals surface area contributed by atoms with E-state index in [4.69, 9.17) is 5.73 Å². The lowest BCUT2D eigenvalue weighted by Crippen LogP contribution is -2.31. The lowest BCUT2D eigenvalue weighted by Gasteiger charge is -2.23. The normalized spacial score (nSPS) is 17.7. The van der Waals surface area contributed by atoms with Gasteiger partial charge in [0.1, 0.15) is 5.69 Å². The number of rotatable bonds is 6. The van der Waals surface area contributed by atoms with Crippen LogP contribution in [0.5, 0.6) is 0 Å². The van der Waals surface area contributed by atoms with Crippen molar-refractivity contribution in [3.8, 4) is 0 Å². The highest BCUT2D eigenvalue weighted by Crippen LogP contribution is 2.32. The van der Waals surface area contributed by atoms with Crippen molar-refractivity contribution >= 4 is 29.4 Å². The number of benzene rings is 1. The molecule has 2 aromatic rings. The van der Waals surface area contributed by atoms with Gasteiger partial charge in [-0.3, -0.25) is 4.79 Å². The van der Waals surface area contributed by atoms with Crippen molar-refractivity contribution < 1.29 is 4.79 Å². The second-order valence-electron chi connectivity index (χ2n) is 10.6. The molecule has 1 amide bonds. The van der Waals surface area contributed by atoms with Gasteiger partial charge in [0.05, 0.1) is 5.35 Å². The Balaban J connectivity index is 1.98. The summed E-state index contributed by atoms with van der Waals surface area (Å²) < 4.78 is 1.96. The Kier molecular flexibility index (Phi) is 8.09. The topological polar surface area (TPSA) is 72.1 Å². The van der Waals surface area contributed by atoms with Crippen LogP contribution in [0.15, 0.2) is 30.9 Å². The lowest BCUT2D eigenvalue weighted by molar-refractivity contribution is 0.101. The number of nitrogens with two attached hydrogens (primary N) is 1. The number of aromatic nitrogens is 1. The zero-order chi connectivity index (χ0) is 25.0. The van der Waals surface area contributed by atoms with Crippen LogP contribution < -0.4 is 26.9 Å². The Morgan fingerprint density at radius 3 is 2.65 bits per heavy atom. The molecule has 5 nitrogen and oxygen atoms in total. The number of carbonyl (C=O) groups excluding carboxylic acids is 1. The molecule has 1 aromatic carbocycles. The summed E-state index contributed by atoms with van der Waals surface area (Å²) in [5.74, 6) is 0.464. The molecule has 5 heteroatoms. The maximum absolute atomic E-state index is 13.4. The van der Waals surface area contributed by atoms with Crippen molar-refractivity contribution in [2.45, 2.75) is 65.2 Å². The molecule has 0 spiro atoms. The van der Waals surface area contributed by atoms with Crippen LogP contribution in [0.1, 0.15) is 75.0 Å². The Morgan fingerprint density at radius 1 is 1.26 bits per heavy atom. The summed E-state index contributed by atoms with van der Waals surface area (Å²) in [4.78, 5) is 13.4. The number of hydrogen-bond donors (Lipinski definition) is 3. The van der Waals surface area contributed by atoms with E-state index in [1.807, 2.05) is 29.8 Å². The molecule has 3 rings (SSSR count). The molecule has 1 aliphatic rings. The third kappa shape index (κ3) is 5.64. The zero-order valence-electron chi connectivity index (χ0n) is 21.7. The molecule has 0 saturated carbocycles. The summed E-state index contributed by atoms with van der Waals surface area (Å²) in [5, 5.41) is 8.48. The summed E-state index contributed by atoms with van der Waals surface area (Å²) in [5.41, 5.74) is 11.6. The van der Waals surface area contributed by atoms with Crippen LogP contribution in [0.3, 0.4) is 0 Å². The van der Waals surface area contributed by atoms with Crippen molar-refractivity contribution in [3.05, 3.63) is 58.2 Å². The summed E-state index contributed by atoms with van der Waals surface area (Å²) in [7, 11) is 1.94. The first-order chi connectivity index (χ1) is 16.1. The van der Waals surface area contributed by atoms with Crippen molar-refractivity contribution in [2.24, 2.45) is 13.0 Å². The van der Waals surface area contributed by atoms with Gasteiger partial charge >= 0.3 is 0 Å². The van der Waals surface area contributed by atoms with E-state index in [-0.39, 0.29) is 11.3 Å². The van der Waals surface area contributed by atoms with E-state index < -0.39 is 0 Å². The average molecular weight is 463 g/mol. The fourth-order valence-electron chi connectivity index (χ4n) is 5.01. The van der Waals surface area contributed by atoms with Crippen molar-refractivity contribution in [3.63, 3.8) is 0 Å². The smallest absolute Gasteiger partial charge is 0.272 e. The highest BCUT2D eigenvalue weighted by molar-refractivity contribution is 6.04. The number of nitrogens with one attached hydrogen (secondary N) is 2. The second kappa shape index (κ2) is 10.6. The Labute approximate surface area is 204 Å². The third-order valence-electron chi connectivity index (χ3n) is 7.05. The number of amides is 1. The molecule has 1 fully saturated rings. The highest BCUT2D eigenvalue weighted by Gasteiger charge is 2.21. The third-order valence-corrected chi connectivity index (χ3v) is 7.05.